The Bertz CT molecular complexity index is 359. The van der Waals surface area contributed by atoms with Crippen LogP contribution in [0.5, 0.6) is 0 Å². The summed E-state index contributed by atoms with van der Waals surface area (Å²) in [6.45, 7) is 1.45. The molecule has 2 rings (SSSR count). The second-order valence-electron chi connectivity index (χ2n) is 3.70. The van der Waals surface area contributed by atoms with Crippen molar-refractivity contribution >= 4 is 5.91 Å². The second kappa shape index (κ2) is 3.98. The van der Waals surface area contributed by atoms with Crippen LogP contribution in [-0.2, 0) is 4.79 Å². The lowest BCUT2D eigenvalue weighted by atomic mass is 10.3. The maximum absolute atomic E-state index is 11.4. The van der Waals surface area contributed by atoms with Gasteiger partial charge in [0.05, 0.1) is 6.61 Å². The van der Waals surface area contributed by atoms with Crippen molar-refractivity contribution in [2.24, 2.45) is 5.92 Å². The summed E-state index contributed by atoms with van der Waals surface area (Å²) in [5.74, 6) is 0.793. The molecule has 1 saturated carbocycles. The largest absolute Gasteiger partial charge is 0.394 e. The Kier molecular flexibility index (Phi) is 2.68. The van der Waals surface area contributed by atoms with Gasteiger partial charge in [0.15, 0.2) is 5.82 Å². The molecule has 1 aliphatic rings. The first-order chi connectivity index (χ1) is 7.20. The maximum Gasteiger partial charge on any atom is 0.251 e. The highest BCUT2D eigenvalue weighted by atomic mass is 16.5. The zero-order valence-electron chi connectivity index (χ0n) is 8.43. The van der Waals surface area contributed by atoms with E-state index < -0.39 is 6.04 Å². The molecule has 1 atom stereocenters. The van der Waals surface area contributed by atoms with Gasteiger partial charge in [-0.25, -0.2) is 0 Å². The van der Waals surface area contributed by atoms with Crippen LogP contribution in [0.15, 0.2) is 4.52 Å². The lowest BCUT2D eigenvalue weighted by molar-refractivity contribution is -0.123. The number of aryl methyl sites for hydroxylation is 1. The van der Waals surface area contributed by atoms with Crippen molar-refractivity contribution in [3.8, 4) is 0 Å². The summed E-state index contributed by atoms with van der Waals surface area (Å²) in [5.41, 5.74) is 0. The first kappa shape index (κ1) is 10.1. The zero-order valence-corrected chi connectivity index (χ0v) is 8.43. The molecule has 1 heterocycles. The number of hydrogen-bond donors (Lipinski definition) is 2. The van der Waals surface area contributed by atoms with Crippen molar-refractivity contribution in [2.45, 2.75) is 25.8 Å². The monoisotopic (exact) mass is 211 g/mol. The highest BCUT2D eigenvalue weighted by Crippen LogP contribution is 2.29. The standard InChI is InChI=1S/C9H13N3O3/c1-5-10-9(15-12-5)7(4-13)11-8(14)6-2-3-6/h6-7,13H,2-4H2,1H3,(H,11,14). The van der Waals surface area contributed by atoms with E-state index in [0.29, 0.717) is 5.82 Å². The van der Waals surface area contributed by atoms with Crippen LogP contribution in [0.3, 0.4) is 0 Å². The van der Waals surface area contributed by atoms with Gasteiger partial charge < -0.3 is 14.9 Å². The van der Waals surface area contributed by atoms with E-state index in [0.717, 1.165) is 12.8 Å². The molecule has 0 spiro atoms. The third-order valence-corrected chi connectivity index (χ3v) is 2.29. The number of carbonyl (C=O) groups excluding carboxylic acids is 1. The van der Waals surface area contributed by atoms with Crippen LogP contribution in [-0.4, -0.2) is 27.8 Å². The highest BCUT2D eigenvalue weighted by molar-refractivity contribution is 5.81. The normalized spacial score (nSPS) is 17.5. The molecule has 1 aliphatic carbocycles. The molecule has 0 radical (unpaired) electrons. The van der Waals surface area contributed by atoms with Crippen LogP contribution >= 0.6 is 0 Å². The van der Waals surface area contributed by atoms with E-state index in [1.807, 2.05) is 0 Å². The van der Waals surface area contributed by atoms with Gasteiger partial charge in [0.25, 0.3) is 5.89 Å². The number of hydrogen-bond acceptors (Lipinski definition) is 5. The molecule has 82 valence electrons. The summed E-state index contributed by atoms with van der Waals surface area (Å²) in [5, 5.41) is 15.4. The fourth-order valence-electron chi connectivity index (χ4n) is 1.28. The SMILES string of the molecule is Cc1noc(C(CO)NC(=O)C2CC2)n1. The topological polar surface area (TPSA) is 88.3 Å². The number of rotatable bonds is 4. The molecule has 6 nitrogen and oxygen atoms in total. The predicted octanol–water partition coefficient (Wildman–Crippen LogP) is -0.0624. The number of aromatic nitrogens is 2. The molecule has 1 aromatic rings. The van der Waals surface area contributed by atoms with E-state index in [9.17, 15) is 4.79 Å². The summed E-state index contributed by atoms with van der Waals surface area (Å²) in [4.78, 5) is 15.4. The van der Waals surface area contributed by atoms with Crippen LogP contribution < -0.4 is 5.32 Å². The molecule has 1 fully saturated rings. The van der Waals surface area contributed by atoms with Gasteiger partial charge in [-0.3, -0.25) is 4.79 Å². The van der Waals surface area contributed by atoms with E-state index in [4.69, 9.17) is 9.63 Å². The Morgan fingerprint density at radius 3 is 2.93 bits per heavy atom. The summed E-state index contributed by atoms with van der Waals surface area (Å²) in [7, 11) is 0. The number of nitrogens with one attached hydrogen (secondary N) is 1. The molecule has 0 bridgehead atoms. The van der Waals surface area contributed by atoms with E-state index in [-0.39, 0.29) is 24.3 Å². The smallest absolute Gasteiger partial charge is 0.251 e. The third-order valence-electron chi connectivity index (χ3n) is 2.29. The molecular formula is C9H13N3O3. The number of carbonyl (C=O) groups is 1. The molecule has 1 amide bonds. The van der Waals surface area contributed by atoms with Gasteiger partial charge in [-0.2, -0.15) is 4.98 Å². The number of aliphatic hydroxyl groups excluding tert-OH is 1. The van der Waals surface area contributed by atoms with Crippen LogP contribution in [0.4, 0.5) is 0 Å². The first-order valence-electron chi connectivity index (χ1n) is 4.92. The minimum atomic E-state index is -0.584. The fraction of sp³-hybridized carbons (Fsp3) is 0.667. The quantitative estimate of drug-likeness (QED) is 0.728. The van der Waals surface area contributed by atoms with Crippen LogP contribution in [0.2, 0.25) is 0 Å². The van der Waals surface area contributed by atoms with Gasteiger partial charge in [0, 0.05) is 5.92 Å². The molecule has 1 aromatic heterocycles. The van der Waals surface area contributed by atoms with Crippen LogP contribution in [0, 0.1) is 12.8 Å². The lowest BCUT2D eigenvalue weighted by Gasteiger charge is -2.11. The molecule has 6 heteroatoms. The van der Waals surface area contributed by atoms with Crippen molar-refractivity contribution < 1.29 is 14.4 Å². The van der Waals surface area contributed by atoms with Gasteiger partial charge >= 0.3 is 0 Å². The number of aliphatic hydroxyl groups is 1. The molecular weight excluding hydrogens is 198 g/mol. The molecule has 0 saturated heterocycles. The van der Waals surface area contributed by atoms with Crippen LogP contribution in [0.25, 0.3) is 0 Å². The summed E-state index contributed by atoms with van der Waals surface area (Å²) < 4.78 is 4.88. The zero-order chi connectivity index (χ0) is 10.8. The minimum Gasteiger partial charge on any atom is -0.394 e. The van der Waals surface area contributed by atoms with E-state index in [1.54, 1.807) is 6.92 Å². The summed E-state index contributed by atoms with van der Waals surface area (Å²) in [6, 6.07) is -0.584. The molecule has 1 unspecified atom stereocenters. The van der Waals surface area contributed by atoms with Gasteiger partial charge in [-0.05, 0) is 19.8 Å². The Balaban J connectivity index is 2.00. The van der Waals surface area contributed by atoms with Crippen molar-refractivity contribution in [3.05, 3.63) is 11.7 Å². The number of nitrogens with zero attached hydrogens (tertiary/aromatic N) is 2. The predicted molar refractivity (Wildman–Crippen MR) is 49.7 cm³/mol. The van der Waals surface area contributed by atoms with Crippen molar-refractivity contribution in [1.82, 2.24) is 15.5 Å². The van der Waals surface area contributed by atoms with Crippen molar-refractivity contribution in [3.63, 3.8) is 0 Å². The molecule has 0 aliphatic heterocycles. The third kappa shape index (κ3) is 2.33. The van der Waals surface area contributed by atoms with Crippen LogP contribution in [0.1, 0.15) is 30.6 Å². The Morgan fingerprint density at radius 1 is 1.73 bits per heavy atom. The lowest BCUT2D eigenvalue weighted by Crippen LogP contribution is -2.32. The van der Waals surface area contributed by atoms with Gasteiger partial charge in [-0.15, -0.1) is 0 Å². The second-order valence-corrected chi connectivity index (χ2v) is 3.70. The highest BCUT2D eigenvalue weighted by Gasteiger charge is 2.32. The van der Waals surface area contributed by atoms with Gasteiger partial charge in [0.1, 0.15) is 6.04 Å². The molecule has 15 heavy (non-hydrogen) atoms. The molecule has 0 aromatic carbocycles. The number of amides is 1. The van der Waals surface area contributed by atoms with E-state index in [2.05, 4.69) is 15.5 Å². The first-order valence-corrected chi connectivity index (χ1v) is 4.92. The Labute approximate surface area is 86.7 Å². The Hall–Kier alpha value is -1.43. The van der Waals surface area contributed by atoms with E-state index in [1.165, 1.54) is 0 Å². The van der Waals surface area contributed by atoms with Gasteiger partial charge in [0.2, 0.25) is 5.91 Å². The Morgan fingerprint density at radius 2 is 2.47 bits per heavy atom. The van der Waals surface area contributed by atoms with Crippen molar-refractivity contribution in [1.29, 1.82) is 0 Å². The van der Waals surface area contributed by atoms with E-state index >= 15 is 0 Å². The fourth-order valence-corrected chi connectivity index (χ4v) is 1.28. The maximum atomic E-state index is 11.4. The van der Waals surface area contributed by atoms with Crippen molar-refractivity contribution in [2.75, 3.05) is 6.61 Å². The average Bonchev–Trinajstić information content (AvgIpc) is 2.98. The molecule has 2 N–H and O–H groups in total. The minimum absolute atomic E-state index is 0.0510. The average molecular weight is 211 g/mol. The summed E-state index contributed by atoms with van der Waals surface area (Å²) >= 11 is 0. The summed E-state index contributed by atoms with van der Waals surface area (Å²) in [6.07, 6.45) is 1.85. The van der Waals surface area contributed by atoms with Gasteiger partial charge in [-0.1, -0.05) is 5.16 Å².